The highest BCUT2D eigenvalue weighted by molar-refractivity contribution is 6.34. The number of halogens is 1. The molecule has 3 amide bonds. The number of hydrogen-bond acceptors (Lipinski definition) is 6. The molecule has 10 heteroatoms. The van der Waals surface area contributed by atoms with E-state index in [2.05, 4.69) is 5.32 Å². The lowest BCUT2D eigenvalue weighted by molar-refractivity contribution is -0.384. The average molecular weight is 521 g/mol. The van der Waals surface area contributed by atoms with Crippen LogP contribution in [-0.2, 0) is 14.4 Å². The van der Waals surface area contributed by atoms with Crippen LogP contribution in [0.3, 0.4) is 0 Å². The van der Waals surface area contributed by atoms with Crippen LogP contribution in [0.15, 0.2) is 48.7 Å². The van der Waals surface area contributed by atoms with Crippen molar-refractivity contribution >= 4 is 46.8 Å². The van der Waals surface area contributed by atoms with Crippen LogP contribution < -0.4 is 5.32 Å². The van der Waals surface area contributed by atoms with E-state index in [1.54, 1.807) is 11.1 Å². The molecular weight excluding hydrogens is 496 g/mol. The van der Waals surface area contributed by atoms with Crippen LogP contribution in [0.2, 0.25) is 5.02 Å². The van der Waals surface area contributed by atoms with Crippen LogP contribution in [0, 0.1) is 22.0 Å². The molecule has 1 N–H and O–H groups in total. The maximum absolute atomic E-state index is 13.9. The van der Waals surface area contributed by atoms with E-state index in [9.17, 15) is 24.5 Å². The number of nitrogens with one attached hydrogen (secondary N) is 1. The molecule has 1 saturated carbocycles. The van der Waals surface area contributed by atoms with E-state index in [1.165, 1.54) is 23.1 Å². The Hall–Kier alpha value is -3.72. The van der Waals surface area contributed by atoms with Gasteiger partial charge in [-0.1, -0.05) is 55.1 Å². The monoisotopic (exact) mass is 520 g/mol. The van der Waals surface area contributed by atoms with Crippen molar-refractivity contribution in [2.75, 3.05) is 5.32 Å². The first kappa shape index (κ1) is 23.7. The molecule has 3 aliphatic heterocycles. The minimum Gasteiger partial charge on any atom is -0.357 e. The number of carbonyl (C=O) groups excluding carboxylic acids is 3. The number of fused-ring (bicyclic) bond motifs is 5. The number of imide groups is 1. The van der Waals surface area contributed by atoms with Gasteiger partial charge >= 0.3 is 0 Å². The summed E-state index contributed by atoms with van der Waals surface area (Å²) in [6, 6.07) is 9.91. The molecular formula is C27H25ClN4O5. The van der Waals surface area contributed by atoms with Crippen molar-refractivity contribution in [2.24, 2.45) is 11.8 Å². The molecule has 4 atom stereocenters. The fourth-order valence-corrected chi connectivity index (χ4v) is 6.67. The molecule has 1 aliphatic carbocycles. The summed E-state index contributed by atoms with van der Waals surface area (Å²) < 4.78 is 0. The van der Waals surface area contributed by atoms with Crippen molar-refractivity contribution in [3.05, 3.63) is 74.9 Å². The minimum atomic E-state index is -0.972. The highest BCUT2D eigenvalue weighted by atomic mass is 35.5. The number of nitrogens with zero attached hydrogens (tertiary/aromatic N) is 3. The lowest BCUT2D eigenvalue weighted by Gasteiger charge is -2.37. The van der Waals surface area contributed by atoms with Crippen LogP contribution in [-0.4, -0.2) is 44.5 Å². The van der Waals surface area contributed by atoms with E-state index >= 15 is 0 Å². The molecule has 3 heterocycles. The van der Waals surface area contributed by atoms with E-state index in [4.69, 9.17) is 11.6 Å². The van der Waals surface area contributed by atoms with Crippen molar-refractivity contribution in [3.63, 3.8) is 0 Å². The molecule has 2 aromatic rings. The third-order valence-electron chi connectivity index (χ3n) is 8.12. The Morgan fingerprint density at radius 3 is 2.51 bits per heavy atom. The van der Waals surface area contributed by atoms with Gasteiger partial charge in [0.25, 0.3) is 5.69 Å². The molecule has 2 aromatic carbocycles. The van der Waals surface area contributed by atoms with E-state index < -0.39 is 34.7 Å². The number of nitro groups is 1. The molecule has 2 saturated heterocycles. The van der Waals surface area contributed by atoms with Gasteiger partial charge in [-0.25, -0.2) is 0 Å². The smallest absolute Gasteiger partial charge is 0.271 e. The van der Waals surface area contributed by atoms with Gasteiger partial charge in [-0.2, -0.15) is 0 Å². The zero-order valence-corrected chi connectivity index (χ0v) is 20.6. The fraction of sp³-hybridized carbons (Fsp3) is 0.370. The summed E-state index contributed by atoms with van der Waals surface area (Å²) in [5.74, 6) is -2.63. The second-order valence-electron chi connectivity index (χ2n) is 10.1. The molecule has 37 heavy (non-hydrogen) atoms. The maximum atomic E-state index is 13.9. The van der Waals surface area contributed by atoms with Gasteiger partial charge in [0.15, 0.2) is 0 Å². The summed E-state index contributed by atoms with van der Waals surface area (Å²) in [5, 5.41) is 14.1. The molecule has 4 aliphatic rings. The molecule has 3 fully saturated rings. The molecule has 190 valence electrons. The number of anilines is 1. The Morgan fingerprint density at radius 1 is 1.03 bits per heavy atom. The quantitative estimate of drug-likeness (QED) is 0.360. The zero-order valence-electron chi connectivity index (χ0n) is 19.9. The fourth-order valence-electron chi connectivity index (χ4n) is 6.51. The lowest BCUT2D eigenvalue weighted by Crippen LogP contribution is -2.49. The van der Waals surface area contributed by atoms with E-state index in [0.717, 1.165) is 43.2 Å². The van der Waals surface area contributed by atoms with Crippen LogP contribution in [0.5, 0.6) is 0 Å². The van der Waals surface area contributed by atoms with Gasteiger partial charge in [0.05, 0.1) is 33.5 Å². The largest absolute Gasteiger partial charge is 0.357 e. The maximum Gasteiger partial charge on any atom is 0.271 e. The Bertz CT molecular complexity index is 1350. The number of non-ortho nitro benzene ring substituents is 1. The Morgan fingerprint density at radius 2 is 1.76 bits per heavy atom. The van der Waals surface area contributed by atoms with Crippen LogP contribution in [0.25, 0.3) is 6.08 Å². The van der Waals surface area contributed by atoms with Crippen molar-refractivity contribution in [1.29, 1.82) is 0 Å². The summed E-state index contributed by atoms with van der Waals surface area (Å²) in [4.78, 5) is 55.5. The molecule has 0 radical (unpaired) electrons. The zero-order chi connectivity index (χ0) is 25.8. The number of hydrogen-bond donors (Lipinski definition) is 1. The molecule has 9 nitrogen and oxygen atoms in total. The molecule has 0 bridgehead atoms. The first-order valence-corrected chi connectivity index (χ1v) is 12.9. The van der Waals surface area contributed by atoms with E-state index in [0.29, 0.717) is 0 Å². The minimum absolute atomic E-state index is 0.0863. The van der Waals surface area contributed by atoms with E-state index in [-0.39, 0.29) is 34.3 Å². The third kappa shape index (κ3) is 3.71. The molecule has 0 unspecified atom stereocenters. The van der Waals surface area contributed by atoms with Crippen molar-refractivity contribution in [3.8, 4) is 0 Å². The van der Waals surface area contributed by atoms with Crippen LogP contribution >= 0.6 is 11.6 Å². The Kier molecular flexibility index (Phi) is 5.75. The van der Waals surface area contributed by atoms with Gasteiger partial charge in [-0.05, 0) is 36.1 Å². The van der Waals surface area contributed by atoms with Crippen molar-refractivity contribution in [1.82, 2.24) is 9.80 Å². The third-order valence-corrected chi connectivity index (χ3v) is 8.45. The number of carbonyl (C=O) groups is 3. The second kappa shape index (κ2) is 8.99. The normalized spacial score (nSPS) is 26.6. The van der Waals surface area contributed by atoms with Gasteiger partial charge in [-0.15, -0.1) is 0 Å². The highest BCUT2D eigenvalue weighted by Gasteiger charge is 2.65. The standard InChI is InChI=1S/C27H25ClN4O5/c28-19-11-10-17(32(36)37)14-20(19)29-25(33)24-22-21(23-18-9-5-4-6-15(18)12-13-30(23)24)26(34)31(27(22)35)16-7-2-1-3-8-16/h4-6,9-14,16,21-24H,1-3,7-8H2,(H,29,33)/t21-,22-,23+,24+/m1/s1. The van der Waals surface area contributed by atoms with Crippen molar-refractivity contribution < 1.29 is 19.3 Å². The number of rotatable bonds is 4. The average Bonchev–Trinajstić information content (AvgIpc) is 3.38. The predicted molar refractivity (Wildman–Crippen MR) is 136 cm³/mol. The SMILES string of the molecule is O=C(Nc1cc([N+](=O)[O-])ccc1Cl)[C@@H]1[C@@H]2C(=O)N(C3CCCCC3)C(=O)[C@H]2[C@@H]2c3ccccc3C=CN12. The first-order chi connectivity index (χ1) is 17.9. The van der Waals surface area contributed by atoms with Crippen molar-refractivity contribution in [2.45, 2.75) is 50.2 Å². The number of benzene rings is 2. The topological polar surface area (TPSA) is 113 Å². The van der Waals surface area contributed by atoms with Gasteiger partial charge in [0, 0.05) is 24.4 Å². The first-order valence-electron chi connectivity index (χ1n) is 12.5. The van der Waals surface area contributed by atoms with E-state index in [1.807, 2.05) is 30.3 Å². The van der Waals surface area contributed by atoms with Crippen LogP contribution in [0.1, 0.15) is 49.3 Å². The summed E-state index contributed by atoms with van der Waals surface area (Å²) >= 11 is 6.25. The summed E-state index contributed by atoms with van der Waals surface area (Å²) in [5.41, 5.74) is 1.71. The Labute approximate surface area is 218 Å². The summed E-state index contributed by atoms with van der Waals surface area (Å²) in [6.45, 7) is 0. The predicted octanol–water partition coefficient (Wildman–Crippen LogP) is 4.53. The van der Waals surface area contributed by atoms with Gasteiger partial charge in [-0.3, -0.25) is 29.4 Å². The molecule has 0 spiro atoms. The number of amides is 3. The second-order valence-corrected chi connectivity index (χ2v) is 10.5. The lowest BCUT2D eigenvalue weighted by atomic mass is 9.84. The molecule has 6 rings (SSSR count). The van der Waals surface area contributed by atoms with Gasteiger partial charge in [0.1, 0.15) is 6.04 Å². The number of nitro benzene ring substituents is 1. The Balaban J connectivity index is 1.40. The highest BCUT2D eigenvalue weighted by Crippen LogP contribution is 2.53. The molecule has 0 aromatic heterocycles. The summed E-state index contributed by atoms with van der Waals surface area (Å²) in [6.07, 6.45) is 8.23. The van der Waals surface area contributed by atoms with Gasteiger partial charge < -0.3 is 10.2 Å². The number of likely N-dealkylation sites (tertiary alicyclic amines) is 1. The summed E-state index contributed by atoms with van der Waals surface area (Å²) in [7, 11) is 0. The van der Waals surface area contributed by atoms with Crippen LogP contribution in [0.4, 0.5) is 11.4 Å². The van der Waals surface area contributed by atoms with Gasteiger partial charge in [0.2, 0.25) is 17.7 Å².